The molecule has 120 valence electrons. The summed E-state index contributed by atoms with van der Waals surface area (Å²) < 4.78 is 1.59. The third kappa shape index (κ3) is 2.72. The van der Waals surface area contributed by atoms with Gasteiger partial charge in [-0.3, -0.25) is 14.3 Å². The van der Waals surface area contributed by atoms with E-state index in [2.05, 4.69) is 5.10 Å². The highest BCUT2D eigenvalue weighted by Crippen LogP contribution is 2.36. The molecule has 1 aliphatic rings. The summed E-state index contributed by atoms with van der Waals surface area (Å²) in [7, 11) is 1.76. The average molecular weight is 313 g/mol. The molecule has 1 fully saturated rings. The maximum absolute atomic E-state index is 12.5. The van der Waals surface area contributed by atoms with E-state index in [-0.39, 0.29) is 5.91 Å². The third-order valence-electron chi connectivity index (χ3n) is 4.59. The minimum Gasteiger partial charge on any atom is -0.481 e. The van der Waals surface area contributed by atoms with Crippen LogP contribution in [0, 0.1) is 0 Å². The first-order valence-corrected chi connectivity index (χ1v) is 7.60. The fourth-order valence-corrected chi connectivity index (χ4v) is 3.19. The second-order valence-electron chi connectivity index (χ2n) is 5.95. The van der Waals surface area contributed by atoms with Crippen LogP contribution in [0.2, 0.25) is 0 Å². The van der Waals surface area contributed by atoms with Crippen LogP contribution >= 0.6 is 0 Å². The van der Waals surface area contributed by atoms with Crippen LogP contribution < -0.4 is 0 Å². The zero-order valence-corrected chi connectivity index (χ0v) is 13.0. The van der Waals surface area contributed by atoms with Crippen molar-refractivity contribution in [3.05, 3.63) is 53.9 Å². The number of benzene rings is 1. The summed E-state index contributed by atoms with van der Waals surface area (Å²) in [5, 5.41) is 13.8. The van der Waals surface area contributed by atoms with Crippen LogP contribution in [0.15, 0.2) is 42.7 Å². The first kappa shape index (κ1) is 15.3. The number of carboxylic acid groups (broad SMARTS) is 1. The second-order valence-corrected chi connectivity index (χ2v) is 5.95. The van der Waals surface area contributed by atoms with Crippen molar-refractivity contribution in [3.63, 3.8) is 0 Å². The number of carbonyl (C=O) groups is 2. The fourth-order valence-electron chi connectivity index (χ4n) is 3.19. The van der Waals surface area contributed by atoms with Crippen molar-refractivity contribution in [1.82, 2.24) is 14.7 Å². The summed E-state index contributed by atoms with van der Waals surface area (Å²) in [6.45, 7) is 0.851. The summed E-state index contributed by atoms with van der Waals surface area (Å²) >= 11 is 0. The molecule has 3 rings (SSSR count). The number of hydrogen-bond acceptors (Lipinski definition) is 3. The van der Waals surface area contributed by atoms with E-state index in [9.17, 15) is 14.7 Å². The lowest BCUT2D eigenvalue weighted by Gasteiger charge is -2.39. The molecule has 0 spiro atoms. The Morgan fingerprint density at radius 2 is 1.83 bits per heavy atom. The number of aryl methyl sites for hydroxylation is 1. The van der Waals surface area contributed by atoms with Crippen LogP contribution in [0.1, 0.15) is 28.8 Å². The lowest BCUT2D eigenvalue weighted by Crippen LogP contribution is -2.49. The van der Waals surface area contributed by atoms with Gasteiger partial charge in [0.25, 0.3) is 5.91 Å². The van der Waals surface area contributed by atoms with E-state index in [0.717, 1.165) is 5.56 Å². The lowest BCUT2D eigenvalue weighted by molar-refractivity contribution is -0.145. The van der Waals surface area contributed by atoms with E-state index < -0.39 is 11.4 Å². The van der Waals surface area contributed by atoms with Gasteiger partial charge in [0.15, 0.2) is 0 Å². The molecule has 0 saturated carbocycles. The summed E-state index contributed by atoms with van der Waals surface area (Å²) in [6, 6.07) is 9.29. The number of hydrogen-bond donors (Lipinski definition) is 1. The minimum absolute atomic E-state index is 0.0925. The Morgan fingerprint density at radius 3 is 2.35 bits per heavy atom. The van der Waals surface area contributed by atoms with Crippen LogP contribution in [-0.2, 0) is 17.3 Å². The first-order chi connectivity index (χ1) is 11.0. The Hall–Kier alpha value is -2.63. The van der Waals surface area contributed by atoms with Gasteiger partial charge in [0.05, 0.1) is 17.2 Å². The Labute approximate surface area is 134 Å². The van der Waals surface area contributed by atoms with Crippen LogP contribution in [0.25, 0.3) is 0 Å². The molecule has 2 heterocycles. The van der Waals surface area contributed by atoms with Crippen molar-refractivity contribution >= 4 is 11.9 Å². The zero-order chi connectivity index (χ0) is 16.4. The van der Waals surface area contributed by atoms with Crippen LogP contribution in [0.5, 0.6) is 0 Å². The summed E-state index contributed by atoms with van der Waals surface area (Å²) in [5.74, 6) is -0.915. The standard InChI is InChI=1S/C17H19N3O3/c1-19-12-13(11-18-19)15(21)20-9-7-17(8-10-20,16(22)23)14-5-3-2-4-6-14/h2-6,11-12H,7-10H2,1H3,(H,22,23). The Morgan fingerprint density at radius 1 is 1.17 bits per heavy atom. The normalized spacial score (nSPS) is 17.0. The number of aromatic nitrogens is 2. The van der Waals surface area contributed by atoms with Crippen molar-refractivity contribution in [2.45, 2.75) is 18.3 Å². The van der Waals surface area contributed by atoms with E-state index in [1.165, 1.54) is 0 Å². The van der Waals surface area contributed by atoms with Crippen molar-refractivity contribution < 1.29 is 14.7 Å². The third-order valence-corrected chi connectivity index (χ3v) is 4.59. The van der Waals surface area contributed by atoms with Gasteiger partial charge in [-0.15, -0.1) is 0 Å². The number of piperidine rings is 1. The number of carbonyl (C=O) groups excluding carboxylic acids is 1. The Kier molecular flexibility index (Phi) is 3.90. The van der Waals surface area contributed by atoms with Crippen LogP contribution in [-0.4, -0.2) is 44.8 Å². The smallest absolute Gasteiger partial charge is 0.314 e. The largest absolute Gasteiger partial charge is 0.481 e. The quantitative estimate of drug-likeness (QED) is 0.935. The van der Waals surface area contributed by atoms with Gasteiger partial charge in [0.2, 0.25) is 0 Å². The first-order valence-electron chi connectivity index (χ1n) is 7.60. The molecule has 1 N–H and O–H groups in total. The average Bonchev–Trinajstić information content (AvgIpc) is 3.01. The highest BCUT2D eigenvalue weighted by molar-refractivity contribution is 5.94. The molecule has 1 aromatic carbocycles. The maximum atomic E-state index is 12.5. The molecule has 0 bridgehead atoms. The predicted molar refractivity (Wildman–Crippen MR) is 84.1 cm³/mol. The van der Waals surface area contributed by atoms with Gasteiger partial charge in [-0.1, -0.05) is 30.3 Å². The molecule has 1 aromatic heterocycles. The number of aliphatic carboxylic acids is 1. The molecular weight excluding hydrogens is 294 g/mol. The molecule has 6 heteroatoms. The van der Waals surface area contributed by atoms with Gasteiger partial charge in [-0.25, -0.2) is 0 Å². The molecule has 0 radical (unpaired) electrons. The Bertz CT molecular complexity index is 716. The molecule has 6 nitrogen and oxygen atoms in total. The van der Waals surface area contributed by atoms with E-state index >= 15 is 0 Å². The van der Waals surface area contributed by atoms with Crippen molar-refractivity contribution in [3.8, 4) is 0 Å². The fraction of sp³-hybridized carbons (Fsp3) is 0.353. The molecule has 1 saturated heterocycles. The second kappa shape index (κ2) is 5.87. The van der Waals surface area contributed by atoms with E-state index in [4.69, 9.17) is 0 Å². The lowest BCUT2D eigenvalue weighted by atomic mass is 9.73. The highest BCUT2D eigenvalue weighted by atomic mass is 16.4. The number of rotatable bonds is 3. The highest BCUT2D eigenvalue weighted by Gasteiger charge is 2.43. The topological polar surface area (TPSA) is 75.4 Å². The molecule has 1 aliphatic heterocycles. The molecule has 1 amide bonds. The van der Waals surface area contributed by atoms with Crippen LogP contribution in [0.4, 0.5) is 0 Å². The van der Waals surface area contributed by atoms with Gasteiger partial charge in [0, 0.05) is 26.3 Å². The molecule has 23 heavy (non-hydrogen) atoms. The van der Waals surface area contributed by atoms with Crippen molar-refractivity contribution in [2.24, 2.45) is 7.05 Å². The van der Waals surface area contributed by atoms with Gasteiger partial charge >= 0.3 is 5.97 Å². The van der Waals surface area contributed by atoms with Crippen LogP contribution in [0.3, 0.4) is 0 Å². The van der Waals surface area contributed by atoms with Gasteiger partial charge < -0.3 is 10.0 Å². The van der Waals surface area contributed by atoms with E-state index in [1.807, 2.05) is 30.3 Å². The monoisotopic (exact) mass is 313 g/mol. The molecule has 0 aliphatic carbocycles. The Balaban J connectivity index is 1.78. The summed E-state index contributed by atoms with van der Waals surface area (Å²) in [6.07, 6.45) is 4.05. The molecule has 0 atom stereocenters. The zero-order valence-electron chi connectivity index (χ0n) is 13.0. The van der Waals surface area contributed by atoms with Crippen molar-refractivity contribution in [2.75, 3.05) is 13.1 Å². The SMILES string of the molecule is Cn1cc(C(=O)N2CCC(C(=O)O)(c3ccccc3)CC2)cn1. The number of nitrogens with zero attached hydrogens (tertiary/aromatic N) is 3. The van der Waals surface area contributed by atoms with E-state index in [0.29, 0.717) is 31.5 Å². The minimum atomic E-state index is -0.910. The van der Waals surface area contributed by atoms with Gasteiger partial charge in [-0.05, 0) is 18.4 Å². The maximum Gasteiger partial charge on any atom is 0.314 e. The summed E-state index contributed by atoms with van der Waals surface area (Å²) in [5.41, 5.74) is 0.434. The summed E-state index contributed by atoms with van der Waals surface area (Å²) in [4.78, 5) is 26.1. The number of carboxylic acids is 1. The van der Waals surface area contributed by atoms with E-state index in [1.54, 1.807) is 29.0 Å². The molecule has 0 unspecified atom stereocenters. The number of amides is 1. The molecular formula is C17H19N3O3. The van der Waals surface area contributed by atoms with Gasteiger partial charge in [0.1, 0.15) is 0 Å². The van der Waals surface area contributed by atoms with Crippen molar-refractivity contribution in [1.29, 1.82) is 0 Å². The predicted octanol–water partition coefficient (Wildman–Crippen LogP) is 1.68. The number of likely N-dealkylation sites (tertiary alicyclic amines) is 1. The molecule has 2 aromatic rings. The van der Waals surface area contributed by atoms with Gasteiger partial charge in [-0.2, -0.15) is 5.10 Å².